The van der Waals surface area contributed by atoms with E-state index in [-0.39, 0.29) is 0 Å². The second-order valence-electron chi connectivity index (χ2n) is 5.41. The largest absolute Gasteiger partial charge is 0.478 e. The van der Waals surface area contributed by atoms with Crippen LogP contribution in [-0.2, 0) is 6.54 Å². The molecule has 0 spiro atoms. The Labute approximate surface area is 122 Å². The molecule has 1 fully saturated rings. The summed E-state index contributed by atoms with van der Waals surface area (Å²) in [6.07, 6.45) is 3.73. The molecule has 2 rings (SSSR count). The van der Waals surface area contributed by atoms with Crippen molar-refractivity contribution in [3.05, 3.63) is 33.8 Å². The van der Waals surface area contributed by atoms with Gasteiger partial charge in [-0.15, -0.1) is 0 Å². The summed E-state index contributed by atoms with van der Waals surface area (Å²) in [5.41, 5.74) is 1.41. The Kier molecular flexibility index (Phi) is 4.63. The molecule has 1 aromatic rings. The van der Waals surface area contributed by atoms with E-state index >= 15 is 0 Å². The number of carbonyl (C=O) groups is 1. The quantitative estimate of drug-likeness (QED) is 0.915. The van der Waals surface area contributed by atoms with Crippen molar-refractivity contribution < 1.29 is 9.90 Å². The number of nitrogens with zero attached hydrogens (tertiary/aromatic N) is 1. The van der Waals surface area contributed by atoms with Gasteiger partial charge in [0.05, 0.1) is 5.56 Å². The van der Waals surface area contributed by atoms with Gasteiger partial charge in [0.2, 0.25) is 0 Å². The van der Waals surface area contributed by atoms with E-state index in [4.69, 9.17) is 5.11 Å². The molecule has 1 aliphatic heterocycles. The Morgan fingerprint density at radius 1 is 1.37 bits per heavy atom. The number of halogens is 1. The fourth-order valence-electron chi connectivity index (χ4n) is 2.81. The predicted octanol–water partition coefficient (Wildman–Crippen LogP) is 3.91. The van der Waals surface area contributed by atoms with Crippen molar-refractivity contribution in [1.29, 1.82) is 0 Å². The van der Waals surface area contributed by atoms with Gasteiger partial charge in [0.1, 0.15) is 0 Å². The van der Waals surface area contributed by atoms with Crippen molar-refractivity contribution in [3.8, 4) is 0 Å². The van der Waals surface area contributed by atoms with Gasteiger partial charge in [-0.05, 0) is 50.5 Å². The Morgan fingerprint density at radius 3 is 2.58 bits per heavy atom. The standard InChI is InChI=1S/C15H20BrNO2/c1-10-4-3-5-11(2)17(10)9-13-8-12(15(18)19)6-7-14(13)16/h6-8,10-11H,3-5,9H2,1-2H3,(H,18,19). The summed E-state index contributed by atoms with van der Waals surface area (Å²) >= 11 is 3.53. The lowest BCUT2D eigenvalue weighted by molar-refractivity contribution is 0.0696. The molecule has 3 nitrogen and oxygen atoms in total. The fourth-order valence-corrected chi connectivity index (χ4v) is 3.18. The van der Waals surface area contributed by atoms with Crippen LogP contribution in [0, 0.1) is 0 Å². The molecule has 0 aromatic heterocycles. The van der Waals surface area contributed by atoms with Crippen molar-refractivity contribution >= 4 is 21.9 Å². The first-order valence-corrected chi connectivity index (χ1v) is 7.56. The van der Waals surface area contributed by atoms with Crippen molar-refractivity contribution in [3.63, 3.8) is 0 Å². The van der Waals surface area contributed by atoms with Crippen molar-refractivity contribution in [2.45, 2.75) is 51.7 Å². The lowest BCUT2D eigenvalue weighted by Crippen LogP contribution is -2.43. The molecule has 2 unspecified atom stereocenters. The molecule has 0 saturated carbocycles. The van der Waals surface area contributed by atoms with Gasteiger partial charge in [0.25, 0.3) is 0 Å². The van der Waals surface area contributed by atoms with Crippen molar-refractivity contribution in [2.75, 3.05) is 0 Å². The minimum Gasteiger partial charge on any atom is -0.478 e. The SMILES string of the molecule is CC1CCCC(C)N1Cc1cc(C(=O)O)ccc1Br. The average molecular weight is 326 g/mol. The molecule has 104 valence electrons. The minimum atomic E-state index is -0.867. The molecule has 2 atom stereocenters. The van der Waals surface area contributed by atoms with Gasteiger partial charge >= 0.3 is 5.97 Å². The molecule has 0 bridgehead atoms. The summed E-state index contributed by atoms with van der Waals surface area (Å²) in [5.74, 6) is -0.867. The Hall–Kier alpha value is -0.870. The van der Waals surface area contributed by atoms with Crippen LogP contribution in [0.15, 0.2) is 22.7 Å². The van der Waals surface area contributed by atoms with Gasteiger partial charge in [-0.3, -0.25) is 4.90 Å². The van der Waals surface area contributed by atoms with Crippen LogP contribution >= 0.6 is 15.9 Å². The maximum atomic E-state index is 11.1. The number of likely N-dealkylation sites (tertiary alicyclic amines) is 1. The third kappa shape index (κ3) is 3.37. The molecule has 4 heteroatoms. The van der Waals surface area contributed by atoms with Crippen LogP contribution in [0.4, 0.5) is 0 Å². The van der Waals surface area contributed by atoms with Crippen LogP contribution < -0.4 is 0 Å². The van der Waals surface area contributed by atoms with Gasteiger partial charge < -0.3 is 5.11 Å². The van der Waals surface area contributed by atoms with Crippen LogP contribution in [0.3, 0.4) is 0 Å². The molecule has 0 radical (unpaired) electrons. The van der Waals surface area contributed by atoms with Crippen LogP contribution in [0.25, 0.3) is 0 Å². The summed E-state index contributed by atoms with van der Waals surface area (Å²) < 4.78 is 0.988. The second-order valence-corrected chi connectivity index (χ2v) is 6.27. The maximum Gasteiger partial charge on any atom is 0.335 e. The van der Waals surface area contributed by atoms with Gasteiger partial charge in [0.15, 0.2) is 0 Å². The topological polar surface area (TPSA) is 40.5 Å². The number of piperidine rings is 1. The number of benzene rings is 1. The number of hydrogen-bond donors (Lipinski definition) is 1. The van der Waals surface area contributed by atoms with E-state index < -0.39 is 5.97 Å². The summed E-state index contributed by atoms with van der Waals surface area (Å²) in [5, 5.41) is 9.08. The molecule has 1 aromatic carbocycles. The third-order valence-corrected chi connectivity index (χ3v) is 4.80. The van der Waals surface area contributed by atoms with Gasteiger partial charge in [-0.2, -0.15) is 0 Å². The van der Waals surface area contributed by atoms with E-state index in [1.807, 2.05) is 6.07 Å². The second kappa shape index (κ2) is 6.06. The molecule has 19 heavy (non-hydrogen) atoms. The zero-order chi connectivity index (χ0) is 14.0. The fraction of sp³-hybridized carbons (Fsp3) is 0.533. The lowest BCUT2D eigenvalue weighted by atomic mass is 9.96. The summed E-state index contributed by atoms with van der Waals surface area (Å²) in [7, 11) is 0. The smallest absolute Gasteiger partial charge is 0.335 e. The molecule has 1 saturated heterocycles. The molecule has 1 heterocycles. The first kappa shape index (κ1) is 14.5. The van der Waals surface area contributed by atoms with Crippen LogP contribution in [-0.4, -0.2) is 28.1 Å². The zero-order valence-corrected chi connectivity index (χ0v) is 13.0. The summed E-state index contributed by atoms with van der Waals surface area (Å²) in [6.45, 7) is 5.32. The monoisotopic (exact) mass is 325 g/mol. The summed E-state index contributed by atoms with van der Waals surface area (Å²) in [4.78, 5) is 13.5. The number of rotatable bonds is 3. The van der Waals surface area contributed by atoms with E-state index in [2.05, 4.69) is 34.7 Å². The van der Waals surface area contributed by atoms with Crippen molar-refractivity contribution in [1.82, 2.24) is 4.90 Å². The highest BCUT2D eigenvalue weighted by atomic mass is 79.9. The van der Waals surface area contributed by atoms with Gasteiger partial charge in [-0.1, -0.05) is 22.4 Å². The first-order valence-electron chi connectivity index (χ1n) is 6.76. The molecular weight excluding hydrogens is 306 g/mol. The van der Waals surface area contributed by atoms with Gasteiger partial charge in [0, 0.05) is 23.1 Å². The minimum absolute atomic E-state index is 0.357. The van der Waals surface area contributed by atoms with Crippen molar-refractivity contribution in [2.24, 2.45) is 0 Å². The number of aromatic carboxylic acids is 1. The lowest BCUT2D eigenvalue weighted by Gasteiger charge is -2.39. The highest BCUT2D eigenvalue weighted by molar-refractivity contribution is 9.10. The predicted molar refractivity (Wildman–Crippen MR) is 79.4 cm³/mol. The normalized spacial score (nSPS) is 24.4. The van der Waals surface area contributed by atoms with E-state index in [9.17, 15) is 4.79 Å². The van der Waals surface area contributed by atoms with Crippen LogP contribution in [0.5, 0.6) is 0 Å². The third-order valence-electron chi connectivity index (χ3n) is 4.02. The Balaban J connectivity index is 2.21. The maximum absolute atomic E-state index is 11.1. The summed E-state index contributed by atoms with van der Waals surface area (Å²) in [6, 6.07) is 6.37. The van der Waals surface area contributed by atoms with Crippen LogP contribution in [0.1, 0.15) is 49.0 Å². The Bertz CT molecular complexity index is 465. The van der Waals surface area contributed by atoms with E-state index in [0.29, 0.717) is 17.6 Å². The van der Waals surface area contributed by atoms with Gasteiger partial charge in [-0.25, -0.2) is 4.79 Å². The molecule has 0 aliphatic carbocycles. The number of carboxylic acids is 1. The number of hydrogen-bond acceptors (Lipinski definition) is 2. The average Bonchev–Trinajstić information content (AvgIpc) is 2.35. The molecule has 1 aliphatic rings. The number of carboxylic acid groups (broad SMARTS) is 1. The molecular formula is C15H20BrNO2. The van der Waals surface area contributed by atoms with Crippen LogP contribution in [0.2, 0.25) is 0 Å². The highest BCUT2D eigenvalue weighted by Crippen LogP contribution is 2.27. The highest BCUT2D eigenvalue weighted by Gasteiger charge is 2.25. The van der Waals surface area contributed by atoms with E-state index in [1.54, 1.807) is 12.1 Å². The molecule has 0 amide bonds. The van der Waals surface area contributed by atoms with E-state index in [1.165, 1.54) is 19.3 Å². The zero-order valence-electron chi connectivity index (χ0n) is 11.4. The van der Waals surface area contributed by atoms with E-state index in [0.717, 1.165) is 16.6 Å². The first-order chi connectivity index (χ1) is 8.99. The Morgan fingerprint density at radius 2 is 2.00 bits per heavy atom. The molecule has 1 N–H and O–H groups in total.